The number of hydrogen-bond donors (Lipinski definition) is 1. The summed E-state index contributed by atoms with van der Waals surface area (Å²) in [6.07, 6.45) is 6.17. The van der Waals surface area contributed by atoms with Gasteiger partial charge >= 0.3 is 0 Å². The van der Waals surface area contributed by atoms with Crippen molar-refractivity contribution in [1.82, 2.24) is 4.90 Å². The highest BCUT2D eigenvalue weighted by atomic mass is 32.2. The molecule has 148 valence electrons. The van der Waals surface area contributed by atoms with Crippen molar-refractivity contribution in [3.05, 3.63) is 35.9 Å². The normalized spacial score (nSPS) is 30.1. The predicted octanol–water partition coefficient (Wildman–Crippen LogP) is 0.702. The number of amides is 1. The maximum atomic E-state index is 13.0. The van der Waals surface area contributed by atoms with Gasteiger partial charge in [0, 0.05) is 12.1 Å². The summed E-state index contributed by atoms with van der Waals surface area (Å²) in [5, 5.41) is 0. The van der Waals surface area contributed by atoms with Gasteiger partial charge in [-0.2, -0.15) is 0 Å². The van der Waals surface area contributed by atoms with E-state index >= 15 is 0 Å². The first kappa shape index (κ1) is 18.9. The van der Waals surface area contributed by atoms with E-state index in [1.165, 1.54) is 23.3 Å². The van der Waals surface area contributed by atoms with Crippen LogP contribution in [0.1, 0.15) is 37.7 Å². The third-order valence-electron chi connectivity index (χ3n) is 6.41. The Morgan fingerprint density at radius 2 is 1.70 bits per heavy atom. The van der Waals surface area contributed by atoms with E-state index in [-0.39, 0.29) is 23.5 Å². The van der Waals surface area contributed by atoms with Crippen LogP contribution in [0.15, 0.2) is 30.3 Å². The van der Waals surface area contributed by atoms with Crippen molar-refractivity contribution in [2.75, 3.05) is 31.1 Å². The number of hydrogen-bond acceptors (Lipinski definition) is 3. The third kappa shape index (κ3) is 4.91. The molecule has 1 amide bonds. The summed E-state index contributed by atoms with van der Waals surface area (Å²) in [4.78, 5) is 16.3. The summed E-state index contributed by atoms with van der Waals surface area (Å²) in [6, 6.07) is 10.9. The summed E-state index contributed by atoms with van der Waals surface area (Å²) in [6.45, 7) is 2.63. The van der Waals surface area contributed by atoms with Crippen molar-refractivity contribution in [1.29, 1.82) is 0 Å². The number of sulfone groups is 1. The minimum Gasteiger partial charge on any atom is -0.331 e. The van der Waals surface area contributed by atoms with Crippen LogP contribution in [0.4, 0.5) is 0 Å². The van der Waals surface area contributed by atoms with Crippen LogP contribution in [0.3, 0.4) is 0 Å². The van der Waals surface area contributed by atoms with Gasteiger partial charge in [0.15, 0.2) is 16.4 Å². The van der Waals surface area contributed by atoms with Crippen LogP contribution in [-0.2, 0) is 21.1 Å². The Kier molecular flexibility index (Phi) is 5.55. The molecular formula is C21H31N2O3S+. The number of nitrogens with zero attached hydrogens (tertiary/aromatic N) is 1. The molecule has 27 heavy (non-hydrogen) atoms. The standard InChI is InChI=1S/C21H30N2O3S/c24-21(23(19-6-7-19)20-10-13-27(25,26)16-20)15-22-11-8-18(9-12-22)14-17-4-2-1-3-5-17/h1-5,18-20H,6-16H2/p+1/t20-/m1/s1. The van der Waals surface area contributed by atoms with Gasteiger partial charge in [-0.05, 0) is 50.0 Å². The number of piperidine rings is 1. The van der Waals surface area contributed by atoms with E-state index in [1.54, 1.807) is 0 Å². The van der Waals surface area contributed by atoms with Crippen molar-refractivity contribution < 1.29 is 18.1 Å². The zero-order valence-electron chi connectivity index (χ0n) is 16.0. The Hall–Kier alpha value is -1.40. The molecule has 3 aliphatic rings. The Labute approximate surface area is 162 Å². The zero-order chi connectivity index (χ0) is 18.9. The average Bonchev–Trinajstić information content (AvgIpc) is 3.41. The molecule has 2 saturated heterocycles. The van der Waals surface area contributed by atoms with Crippen LogP contribution in [0.25, 0.3) is 0 Å². The molecule has 2 heterocycles. The van der Waals surface area contributed by atoms with E-state index in [9.17, 15) is 13.2 Å². The summed E-state index contributed by atoms with van der Waals surface area (Å²) in [7, 11) is -2.95. The van der Waals surface area contributed by atoms with Crippen molar-refractivity contribution in [2.24, 2.45) is 5.92 Å². The molecule has 1 aliphatic carbocycles. The fraction of sp³-hybridized carbons (Fsp3) is 0.667. The lowest BCUT2D eigenvalue weighted by Crippen LogP contribution is -3.14. The Balaban J connectivity index is 1.28. The number of nitrogens with one attached hydrogen (secondary N) is 1. The maximum Gasteiger partial charge on any atom is 0.278 e. The lowest BCUT2D eigenvalue weighted by atomic mass is 9.90. The van der Waals surface area contributed by atoms with E-state index in [2.05, 4.69) is 30.3 Å². The molecular weight excluding hydrogens is 360 g/mol. The van der Waals surface area contributed by atoms with E-state index in [0.29, 0.717) is 24.9 Å². The van der Waals surface area contributed by atoms with Crippen molar-refractivity contribution in [3.63, 3.8) is 0 Å². The minimum atomic E-state index is -2.95. The number of rotatable bonds is 6. The molecule has 3 fully saturated rings. The number of carbonyl (C=O) groups is 1. The average molecular weight is 392 g/mol. The summed E-state index contributed by atoms with van der Waals surface area (Å²) >= 11 is 0. The van der Waals surface area contributed by atoms with Crippen molar-refractivity contribution in [3.8, 4) is 0 Å². The van der Waals surface area contributed by atoms with Crippen LogP contribution >= 0.6 is 0 Å². The molecule has 1 saturated carbocycles. The molecule has 5 nitrogen and oxygen atoms in total. The number of benzene rings is 1. The van der Waals surface area contributed by atoms with Gasteiger partial charge < -0.3 is 9.80 Å². The van der Waals surface area contributed by atoms with Crippen LogP contribution in [-0.4, -0.2) is 62.4 Å². The fourth-order valence-corrected chi connectivity index (χ4v) is 6.48. The summed E-state index contributed by atoms with van der Waals surface area (Å²) < 4.78 is 23.7. The molecule has 1 aromatic rings. The molecule has 6 heteroatoms. The molecule has 4 rings (SSSR count). The smallest absolute Gasteiger partial charge is 0.278 e. The lowest BCUT2D eigenvalue weighted by molar-refractivity contribution is -0.898. The summed E-state index contributed by atoms with van der Waals surface area (Å²) in [5.74, 6) is 1.30. The second-order valence-electron chi connectivity index (χ2n) is 8.65. The topological polar surface area (TPSA) is 58.9 Å². The first-order chi connectivity index (χ1) is 13.0. The van der Waals surface area contributed by atoms with Gasteiger partial charge in [-0.3, -0.25) is 4.79 Å². The predicted molar refractivity (Wildman–Crippen MR) is 105 cm³/mol. The first-order valence-corrected chi connectivity index (χ1v) is 12.2. The third-order valence-corrected chi connectivity index (χ3v) is 8.16. The first-order valence-electron chi connectivity index (χ1n) is 10.4. The van der Waals surface area contributed by atoms with Gasteiger partial charge in [-0.1, -0.05) is 30.3 Å². The molecule has 1 N–H and O–H groups in total. The second-order valence-corrected chi connectivity index (χ2v) is 10.9. The van der Waals surface area contributed by atoms with Gasteiger partial charge in [0.1, 0.15) is 0 Å². The van der Waals surface area contributed by atoms with E-state index < -0.39 is 9.84 Å². The minimum absolute atomic E-state index is 0.0787. The number of carbonyl (C=O) groups excluding carboxylic acids is 1. The Morgan fingerprint density at radius 1 is 1.00 bits per heavy atom. The molecule has 1 atom stereocenters. The van der Waals surface area contributed by atoms with E-state index in [0.717, 1.165) is 32.4 Å². The van der Waals surface area contributed by atoms with Crippen LogP contribution < -0.4 is 4.90 Å². The summed E-state index contributed by atoms with van der Waals surface area (Å²) in [5.41, 5.74) is 1.41. The van der Waals surface area contributed by atoms with Gasteiger partial charge in [0.05, 0.1) is 24.6 Å². The highest BCUT2D eigenvalue weighted by Crippen LogP contribution is 2.32. The monoisotopic (exact) mass is 391 g/mol. The number of quaternary nitrogens is 1. The maximum absolute atomic E-state index is 13.0. The fourth-order valence-electron chi connectivity index (χ4n) is 4.77. The van der Waals surface area contributed by atoms with Gasteiger partial charge in [-0.15, -0.1) is 0 Å². The number of likely N-dealkylation sites (tertiary alicyclic amines) is 1. The van der Waals surface area contributed by atoms with Crippen LogP contribution in [0.5, 0.6) is 0 Å². The molecule has 2 aliphatic heterocycles. The van der Waals surface area contributed by atoms with Crippen LogP contribution in [0, 0.1) is 5.92 Å². The molecule has 0 spiro atoms. The van der Waals surface area contributed by atoms with Gasteiger partial charge in [0.2, 0.25) is 0 Å². The van der Waals surface area contributed by atoms with E-state index in [4.69, 9.17) is 0 Å². The van der Waals surface area contributed by atoms with Gasteiger partial charge in [-0.25, -0.2) is 8.42 Å². The Morgan fingerprint density at radius 3 is 2.30 bits per heavy atom. The highest BCUT2D eigenvalue weighted by molar-refractivity contribution is 7.91. The molecule has 0 unspecified atom stereocenters. The second kappa shape index (κ2) is 7.92. The quantitative estimate of drug-likeness (QED) is 0.777. The zero-order valence-corrected chi connectivity index (χ0v) is 16.8. The lowest BCUT2D eigenvalue weighted by Gasteiger charge is -2.33. The molecule has 0 bridgehead atoms. The van der Waals surface area contributed by atoms with Crippen molar-refractivity contribution >= 4 is 15.7 Å². The van der Waals surface area contributed by atoms with Crippen molar-refractivity contribution in [2.45, 2.75) is 50.6 Å². The SMILES string of the molecule is O=C(C[NH+]1CCC(Cc2ccccc2)CC1)N(C1CC1)[C@@H]1CCS(=O)(=O)C1. The molecule has 1 aromatic carbocycles. The van der Waals surface area contributed by atoms with Gasteiger partial charge in [0.25, 0.3) is 5.91 Å². The Bertz CT molecular complexity index is 753. The largest absolute Gasteiger partial charge is 0.331 e. The molecule has 0 aromatic heterocycles. The van der Waals surface area contributed by atoms with Crippen LogP contribution in [0.2, 0.25) is 0 Å². The van der Waals surface area contributed by atoms with E-state index in [1.807, 2.05) is 4.90 Å². The molecule has 0 radical (unpaired) electrons. The highest BCUT2D eigenvalue weighted by Gasteiger charge is 2.43.